The summed E-state index contributed by atoms with van der Waals surface area (Å²) in [6.07, 6.45) is 3.51. The van der Waals surface area contributed by atoms with Crippen molar-refractivity contribution in [1.82, 2.24) is 10.6 Å². The van der Waals surface area contributed by atoms with Gasteiger partial charge < -0.3 is 10.1 Å². The first-order valence-electron chi connectivity index (χ1n) is 11.3. The Balaban J connectivity index is 1.66. The highest BCUT2D eigenvalue weighted by Gasteiger charge is 2.25. The zero-order valence-electron chi connectivity index (χ0n) is 19.0. The molecule has 1 aliphatic carbocycles. The standard InChI is InChI=1S/C25H28F3N3O3/c1-2-34-23(32)13-16-6-9-20(10-7-16)30-25(29-15-17-4-3-5-19(26)12-17)31-24(33)18-8-11-21(27)22(28)14-18/h3-5,8,11-12,14,16,20H,2,6-7,9-10,13,15H2,1H3,(H2,29,30,31,33). The summed E-state index contributed by atoms with van der Waals surface area (Å²) in [4.78, 5) is 28.8. The van der Waals surface area contributed by atoms with Gasteiger partial charge in [-0.15, -0.1) is 0 Å². The van der Waals surface area contributed by atoms with Gasteiger partial charge in [-0.05, 0) is 74.4 Å². The van der Waals surface area contributed by atoms with Crippen LogP contribution >= 0.6 is 0 Å². The Labute approximate surface area is 196 Å². The molecule has 0 radical (unpaired) electrons. The molecular weight excluding hydrogens is 447 g/mol. The SMILES string of the molecule is CCOC(=O)CC1CCC(NC(=NCc2cccc(F)c2)NC(=O)c2ccc(F)c(F)c2)CC1. The van der Waals surface area contributed by atoms with Gasteiger partial charge in [0.25, 0.3) is 5.91 Å². The molecule has 0 atom stereocenters. The van der Waals surface area contributed by atoms with Gasteiger partial charge in [0.1, 0.15) is 5.82 Å². The summed E-state index contributed by atoms with van der Waals surface area (Å²) < 4.78 is 45.3. The third-order valence-corrected chi connectivity index (χ3v) is 5.67. The number of rotatable bonds is 7. The van der Waals surface area contributed by atoms with Gasteiger partial charge in [0.2, 0.25) is 0 Å². The molecule has 3 rings (SSSR count). The van der Waals surface area contributed by atoms with E-state index >= 15 is 0 Å². The zero-order chi connectivity index (χ0) is 24.5. The normalized spacial score (nSPS) is 18.3. The van der Waals surface area contributed by atoms with E-state index in [0.29, 0.717) is 18.6 Å². The molecule has 2 aromatic carbocycles. The Morgan fingerprint density at radius 3 is 2.47 bits per heavy atom. The number of nitrogens with one attached hydrogen (secondary N) is 2. The molecule has 0 heterocycles. The summed E-state index contributed by atoms with van der Waals surface area (Å²) in [7, 11) is 0. The van der Waals surface area contributed by atoms with Crippen molar-refractivity contribution in [2.24, 2.45) is 10.9 Å². The molecule has 1 amide bonds. The van der Waals surface area contributed by atoms with Crippen molar-refractivity contribution in [3.05, 3.63) is 71.0 Å². The highest BCUT2D eigenvalue weighted by atomic mass is 19.2. The average molecular weight is 476 g/mol. The molecule has 1 saturated carbocycles. The second-order valence-electron chi connectivity index (χ2n) is 8.25. The summed E-state index contributed by atoms with van der Waals surface area (Å²) in [6.45, 7) is 2.24. The maximum absolute atomic E-state index is 13.6. The number of nitrogens with zero attached hydrogens (tertiary/aromatic N) is 1. The van der Waals surface area contributed by atoms with Crippen molar-refractivity contribution >= 4 is 17.8 Å². The monoisotopic (exact) mass is 475 g/mol. The second kappa shape index (κ2) is 12.2. The lowest BCUT2D eigenvalue weighted by molar-refractivity contribution is -0.144. The third kappa shape index (κ3) is 7.60. The minimum Gasteiger partial charge on any atom is -0.466 e. The maximum atomic E-state index is 13.6. The van der Waals surface area contributed by atoms with Gasteiger partial charge in [0.15, 0.2) is 17.6 Å². The number of guanidine groups is 1. The van der Waals surface area contributed by atoms with Crippen LogP contribution in [0.15, 0.2) is 47.5 Å². The molecule has 6 nitrogen and oxygen atoms in total. The molecular formula is C25H28F3N3O3. The summed E-state index contributed by atoms with van der Waals surface area (Å²) >= 11 is 0. The van der Waals surface area contributed by atoms with Crippen LogP contribution < -0.4 is 10.6 Å². The first-order chi connectivity index (χ1) is 16.3. The van der Waals surface area contributed by atoms with Crippen LogP contribution in [0.5, 0.6) is 0 Å². The van der Waals surface area contributed by atoms with E-state index in [4.69, 9.17) is 4.74 Å². The smallest absolute Gasteiger partial charge is 0.306 e. The predicted octanol–water partition coefficient (Wildman–Crippen LogP) is 4.49. The van der Waals surface area contributed by atoms with Gasteiger partial charge in [-0.25, -0.2) is 18.2 Å². The molecule has 0 aliphatic heterocycles. The van der Waals surface area contributed by atoms with Crippen LogP contribution in [0, 0.1) is 23.4 Å². The van der Waals surface area contributed by atoms with Gasteiger partial charge in [0.05, 0.1) is 13.2 Å². The van der Waals surface area contributed by atoms with E-state index in [1.807, 2.05) is 0 Å². The maximum Gasteiger partial charge on any atom is 0.306 e. The number of ether oxygens (including phenoxy) is 1. The third-order valence-electron chi connectivity index (χ3n) is 5.67. The molecule has 0 spiro atoms. The summed E-state index contributed by atoms with van der Waals surface area (Å²) in [6, 6.07) is 8.82. The number of esters is 1. The number of hydrogen-bond acceptors (Lipinski definition) is 4. The van der Waals surface area contributed by atoms with Crippen molar-refractivity contribution < 1.29 is 27.5 Å². The van der Waals surface area contributed by atoms with Crippen molar-refractivity contribution in [3.63, 3.8) is 0 Å². The van der Waals surface area contributed by atoms with Crippen LogP contribution in [0.1, 0.15) is 54.9 Å². The minimum atomic E-state index is -1.13. The zero-order valence-corrected chi connectivity index (χ0v) is 19.0. The van der Waals surface area contributed by atoms with Crippen LogP contribution in [0.3, 0.4) is 0 Å². The van der Waals surface area contributed by atoms with E-state index in [1.54, 1.807) is 19.1 Å². The first-order valence-corrected chi connectivity index (χ1v) is 11.3. The van der Waals surface area contributed by atoms with Crippen LogP contribution in [-0.2, 0) is 16.1 Å². The Kier molecular flexibility index (Phi) is 9.07. The minimum absolute atomic E-state index is 0.00467. The van der Waals surface area contributed by atoms with Crippen molar-refractivity contribution in [3.8, 4) is 0 Å². The van der Waals surface area contributed by atoms with E-state index in [9.17, 15) is 22.8 Å². The van der Waals surface area contributed by atoms with Crippen molar-refractivity contribution in [2.45, 2.75) is 51.6 Å². The molecule has 2 aromatic rings. The molecule has 0 unspecified atom stereocenters. The lowest BCUT2D eigenvalue weighted by Gasteiger charge is -2.29. The highest BCUT2D eigenvalue weighted by molar-refractivity contribution is 6.05. The fourth-order valence-electron chi connectivity index (χ4n) is 3.90. The van der Waals surface area contributed by atoms with E-state index in [-0.39, 0.29) is 36.0 Å². The lowest BCUT2D eigenvalue weighted by Crippen LogP contribution is -2.47. The number of carbonyl (C=O) groups is 2. The molecule has 0 saturated heterocycles. The molecule has 0 aromatic heterocycles. The number of carbonyl (C=O) groups excluding carboxylic acids is 2. The largest absolute Gasteiger partial charge is 0.466 e. The predicted molar refractivity (Wildman–Crippen MR) is 121 cm³/mol. The summed E-state index contributed by atoms with van der Waals surface area (Å²) in [5.41, 5.74) is 0.553. The second-order valence-corrected chi connectivity index (χ2v) is 8.25. The van der Waals surface area contributed by atoms with Crippen molar-refractivity contribution in [2.75, 3.05) is 6.61 Å². The molecule has 182 valence electrons. The number of halogens is 3. The fourth-order valence-corrected chi connectivity index (χ4v) is 3.90. The van der Waals surface area contributed by atoms with E-state index in [2.05, 4.69) is 15.6 Å². The van der Waals surface area contributed by atoms with Gasteiger partial charge in [-0.2, -0.15) is 0 Å². The van der Waals surface area contributed by atoms with Crippen molar-refractivity contribution in [1.29, 1.82) is 0 Å². The topological polar surface area (TPSA) is 79.8 Å². The number of benzene rings is 2. The van der Waals surface area contributed by atoms with Crippen LogP contribution in [-0.4, -0.2) is 30.5 Å². The summed E-state index contributed by atoms with van der Waals surface area (Å²) in [5, 5.41) is 5.82. The van der Waals surface area contributed by atoms with Gasteiger partial charge in [-0.3, -0.25) is 14.9 Å². The quantitative estimate of drug-likeness (QED) is 0.351. The molecule has 9 heteroatoms. The molecule has 1 aliphatic rings. The Morgan fingerprint density at radius 1 is 1.03 bits per heavy atom. The number of aliphatic imine (C=N–C) groups is 1. The Hall–Kier alpha value is -3.36. The van der Waals surface area contributed by atoms with Gasteiger partial charge >= 0.3 is 5.97 Å². The first kappa shape index (κ1) is 25.3. The lowest BCUT2D eigenvalue weighted by atomic mass is 9.84. The number of amides is 1. The van der Waals surface area contributed by atoms with E-state index in [0.717, 1.165) is 37.8 Å². The van der Waals surface area contributed by atoms with Crippen LogP contribution in [0.4, 0.5) is 13.2 Å². The molecule has 34 heavy (non-hydrogen) atoms. The number of hydrogen-bond donors (Lipinski definition) is 2. The molecule has 0 bridgehead atoms. The van der Waals surface area contributed by atoms with E-state index in [1.165, 1.54) is 18.2 Å². The van der Waals surface area contributed by atoms with E-state index < -0.39 is 23.4 Å². The van der Waals surface area contributed by atoms with Gasteiger partial charge in [-0.1, -0.05) is 12.1 Å². The average Bonchev–Trinajstić information content (AvgIpc) is 2.80. The van der Waals surface area contributed by atoms with Crippen LogP contribution in [0.25, 0.3) is 0 Å². The van der Waals surface area contributed by atoms with Gasteiger partial charge in [0, 0.05) is 18.0 Å². The Bertz CT molecular complexity index is 1040. The summed E-state index contributed by atoms with van der Waals surface area (Å²) in [5.74, 6) is -3.02. The highest BCUT2D eigenvalue weighted by Crippen LogP contribution is 2.27. The fraction of sp³-hybridized carbons (Fsp3) is 0.400. The molecule has 2 N–H and O–H groups in total. The van der Waals surface area contributed by atoms with Crippen LogP contribution in [0.2, 0.25) is 0 Å². The molecule has 1 fully saturated rings. The Morgan fingerprint density at radius 2 is 1.79 bits per heavy atom.